The van der Waals surface area contributed by atoms with Gasteiger partial charge in [0.05, 0.1) is 11.5 Å². The Kier molecular flexibility index (Phi) is 5.72. The molecular formula is C18H18FNO4S2. The first-order chi connectivity index (χ1) is 12.5. The SMILES string of the molecule is CCOC(=O)c1noc(C2CC2)c1C(=O)c1ccc(F)c(SC)c1SC. The topological polar surface area (TPSA) is 69.4 Å². The molecule has 1 heterocycles. The van der Waals surface area contributed by atoms with Gasteiger partial charge in [0.25, 0.3) is 0 Å². The fraction of sp³-hybridized carbons (Fsp3) is 0.389. The number of hydrogen-bond acceptors (Lipinski definition) is 7. The molecule has 1 aromatic carbocycles. The molecular weight excluding hydrogens is 377 g/mol. The molecule has 5 nitrogen and oxygen atoms in total. The largest absolute Gasteiger partial charge is 0.461 e. The number of nitrogens with zero attached hydrogens (tertiary/aromatic N) is 1. The lowest BCUT2D eigenvalue weighted by molar-refractivity contribution is 0.0512. The van der Waals surface area contributed by atoms with Crippen LogP contribution in [0.25, 0.3) is 0 Å². The molecule has 3 rings (SSSR count). The van der Waals surface area contributed by atoms with E-state index in [0.717, 1.165) is 12.8 Å². The monoisotopic (exact) mass is 395 g/mol. The van der Waals surface area contributed by atoms with E-state index in [1.807, 2.05) is 0 Å². The lowest BCUT2D eigenvalue weighted by atomic mass is 9.99. The molecule has 1 aromatic heterocycles. The molecule has 1 aliphatic carbocycles. The highest BCUT2D eigenvalue weighted by atomic mass is 32.2. The van der Waals surface area contributed by atoms with Gasteiger partial charge in [0, 0.05) is 16.4 Å². The van der Waals surface area contributed by atoms with E-state index in [1.54, 1.807) is 19.4 Å². The highest BCUT2D eigenvalue weighted by Gasteiger charge is 2.38. The van der Waals surface area contributed by atoms with Gasteiger partial charge < -0.3 is 9.26 Å². The maximum absolute atomic E-state index is 14.1. The molecule has 1 aliphatic rings. The molecule has 0 bridgehead atoms. The number of carbonyl (C=O) groups excluding carboxylic acids is 2. The summed E-state index contributed by atoms with van der Waals surface area (Å²) in [4.78, 5) is 26.5. The van der Waals surface area contributed by atoms with Gasteiger partial charge in [0.2, 0.25) is 5.69 Å². The second-order valence-corrected chi connectivity index (χ2v) is 7.39. The Labute approximate surface area is 159 Å². The number of benzene rings is 1. The molecule has 0 unspecified atom stereocenters. The molecule has 0 saturated heterocycles. The Morgan fingerprint density at radius 2 is 1.96 bits per heavy atom. The van der Waals surface area contributed by atoms with Crippen molar-refractivity contribution in [1.29, 1.82) is 0 Å². The molecule has 0 spiro atoms. The standard InChI is InChI=1S/C18H18FNO4S2/c1-4-23-18(22)13-12(15(24-20-13)9-5-6-9)14(21)10-7-8-11(19)17(26-3)16(10)25-2/h7-9H,4-6H2,1-3H3. The minimum absolute atomic E-state index is 0.0859. The first-order valence-corrected chi connectivity index (χ1v) is 10.6. The van der Waals surface area contributed by atoms with Gasteiger partial charge in [-0.15, -0.1) is 23.5 Å². The van der Waals surface area contributed by atoms with Crippen LogP contribution in [0.3, 0.4) is 0 Å². The van der Waals surface area contributed by atoms with E-state index >= 15 is 0 Å². The van der Waals surface area contributed by atoms with Gasteiger partial charge >= 0.3 is 5.97 Å². The number of aromatic nitrogens is 1. The maximum Gasteiger partial charge on any atom is 0.361 e. The Morgan fingerprint density at radius 3 is 2.54 bits per heavy atom. The average Bonchev–Trinajstić information content (AvgIpc) is 3.38. The third-order valence-electron chi connectivity index (χ3n) is 4.08. The first-order valence-electron chi connectivity index (χ1n) is 8.15. The molecule has 26 heavy (non-hydrogen) atoms. The van der Waals surface area contributed by atoms with Crippen LogP contribution in [0.1, 0.15) is 57.9 Å². The Hall–Kier alpha value is -1.80. The third kappa shape index (κ3) is 3.40. The molecule has 0 N–H and O–H groups in total. The molecule has 2 aromatic rings. The minimum Gasteiger partial charge on any atom is -0.461 e. The third-order valence-corrected chi connectivity index (χ3v) is 5.85. The zero-order valence-corrected chi connectivity index (χ0v) is 16.3. The summed E-state index contributed by atoms with van der Waals surface area (Å²) in [5, 5.41) is 3.80. The zero-order valence-electron chi connectivity index (χ0n) is 14.6. The van der Waals surface area contributed by atoms with Crippen molar-refractivity contribution in [3.8, 4) is 0 Å². The van der Waals surface area contributed by atoms with Crippen LogP contribution >= 0.6 is 23.5 Å². The summed E-state index contributed by atoms with van der Waals surface area (Å²) in [6.07, 6.45) is 5.30. The molecule has 1 fully saturated rings. The molecule has 0 amide bonds. The van der Waals surface area contributed by atoms with Crippen LogP contribution in [0.15, 0.2) is 26.4 Å². The number of ether oxygens (including phenoxy) is 1. The number of thioether (sulfide) groups is 2. The highest BCUT2D eigenvalue weighted by Crippen LogP contribution is 2.44. The van der Waals surface area contributed by atoms with Crippen molar-refractivity contribution in [2.75, 3.05) is 19.1 Å². The van der Waals surface area contributed by atoms with Gasteiger partial charge in [-0.1, -0.05) is 5.16 Å². The Bertz CT molecular complexity index is 861. The first kappa shape index (κ1) is 19.0. The number of hydrogen-bond donors (Lipinski definition) is 0. The maximum atomic E-state index is 14.1. The number of carbonyl (C=O) groups is 2. The quantitative estimate of drug-likeness (QED) is 0.387. The minimum atomic E-state index is -0.690. The predicted octanol–water partition coefficient (Wildman–Crippen LogP) is 4.54. The lowest BCUT2D eigenvalue weighted by Gasteiger charge is -2.12. The highest BCUT2D eigenvalue weighted by molar-refractivity contribution is 8.01. The predicted molar refractivity (Wildman–Crippen MR) is 97.8 cm³/mol. The number of ketones is 1. The van der Waals surface area contributed by atoms with Crippen molar-refractivity contribution in [2.45, 2.75) is 35.5 Å². The van der Waals surface area contributed by atoms with Crippen molar-refractivity contribution in [3.63, 3.8) is 0 Å². The Morgan fingerprint density at radius 1 is 1.27 bits per heavy atom. The van der Waals surface area contributed by atoms with E-state index in [-0.39, 0.29) is 29.6 Å². The van der Waals surface area contributed by atoms with Crippen molar-refractivity contribution in [2.24, 2.45) is 0 Å². The Balaban J connectivity index is 2.13. The summed E-state index contributed by atoms with van der Waals surface area (Å²) in [5.74, 6) is -0.958. The van der Waals surface area contributed by atoms with Crippen molar-refractivity contribution in [3.05, 3.63) is 40.5 Å². The second kappa shape index (κ2) is 7.84. The van der Waals surface area contributed by atoms with Gasteiger partial charge in [-0.25, -0.2) is 9.18 Å². The summed E-state index contributed by atoms with van der Waals surface area (Å²) in [6, 6.07) is 2.72. The van der Waals surface area contributed by atoms with Crippen molar-refractivity contribution < 1.29 is 23.2 Å². The van der Waals surface area contributed by atoms with Crippen molar-refractivity contribution in [1.82, 2.24) is 5.16 Å². The van der Waals surface area contributed by atoms with E-state index in [9.17, 15) is 14.0 Å². The molecule has 8 heteroatoms. The van der Waals surface area contributed by atoms with E-state index in [0.29, 0.717) is 21.1 Å². The summed E-state index contributed by atoms with van der Waals surface area (Å²) in [7, 11) is 0. The molecule has 0 aliphatic heterocycles. The number of esters is 1. The number of rotatable bonds is 7. The van der Waals surface area contributed by atoms with Gasteiger partial charge in [0.15, 0.2) is 11.5 Å². The summed E-state index contributed by atoms with van der Waals surface area (Å²) < 4.78 is 24.4. The van der Waals surface area contributed by atoms with Gasteiger partial charge in [-0.05, 0) is 44.4 Å². The summed E-state index contributed by atoms with van der Waals surface area (Å²) in [5.41, 5.74) is 0.361. The molecule has 138 valence electrons. The van der Waals surface area contributed by atoms with E-state index in [4.69, 9.17) is 9.26 Å². The van der Waals surface area contributed by atoms with Crippen LogP contribution in [-0.4, -0.2) is 36.0 Å². The number of halogens is 1. The zero-order chi connectivity index (χ0) is 18.8. The van der Waals surface area contributed by atoms with Crippen LogP contribution in [0, 0.1) is 5.82 Å². The fourth-order valence-corrected chi connectivity index (χ4v) is 4.45. The average molecular weight is 395 g/mol. The van der Waals surface area contributed by atoms with E-state index < -0.39 is 11.8 Å². The van der Waals surface area contributed by atoms with Gasteiger partial charge in [-0.2, -0.15) is 0 Å². The summed E-state index contributed by atoms with van der Waals surface area (Å²) >= 11 is 2.53. The van der Waals surface area contributed by atoms with Crippen LogP contribution < -0.4 is 0 Å². The van der Waals surface area contributed by atoms with E-state index in [2.05, 4.69) is 5.16 Å². The second-order valence-electron chi connectivity index (χ2n) is 5.76. The van der Waals surface area contributed by atoms with Crippen LogP contribution in [0.5, 0.6) is 0 Å². The van der Waals surface area contributed by atoms with Crippen molar-refractivity contribution >= 4 is 35.3 Å². The molecule has 1 saturated carbocycles. The van der Waals surface area contributed by atoms with Crippen LogP contribution in [0.4, 0.5) is 4.39 Å². The van der Waals surface area contributed by atoms with Crippen LogP contribution in [-0.2, 0) is 4.74 Å². The molecule has 0 atom stereocenters. The fourth-order valence-electron chi connectivity index (χ4n) is 2.73. The molecule has 0 radical (unpaired) electrons. The van der Waals surface area contributed by atoms with Crippen LogP contribution in [0.2, 0.25) is 0 Å². The van der Waals surface area contributed by atoms with E-state index in [1.165, 1.54) is 35.7 Å². The van der Waals surface area contributed by atoms with Gasteiger partial charge in [0.1, 0.15) is 11.4 Å². The van der Waals surface area contributed by atoms with Gasteiger partial charge in [-0.3, -0.25) is 4.79 Å². The lowest BCUT2D eigenvalue weighted by Crippen LogP contribution is -2.14. The smallest absolute Gasteiger partial charge is 0.361 e. The summed E-state index contributed by atoms with van der Waals surface area (Å²) in [6.45, 7) is 1.85. The normalized spacial score (nSPS) is 13.7.